The van der Waals surface area contributed by atoms with E-state index in [1.807, 2.05) is 24.4 Å². The zero-order valence-corrected chi connectivity index (χ0v) is 9.90. The Bertz CT molecular complexity index is 384. The van der Waals surface area contributed by atoms with Crippen LogP contribution in [0.3, 0.4) is 0 Å². The van der Waals surface area contributed by atoms with Crippen molar-refractivity contribution < 1.29 is 0 Å². The maximum absolute atomic E-state index is 5.96. The van der Waals surface area contributed by atoms with E-state index in [1.165, 1.54) is 0 Å². The summed E-state index contributed by atoms with van der Waals surface area (Å²) in [6.07, 6.45) is 0.765. The SMILES string of the molecule is CC/C(N)=C(\C(N)=C(/C)N)c1cccs1. The average Bonchev–Trinajstić information content (AvgIpc) is 2.70. The highest BCUT2D eigenvalue weighted by Gasteiger charge is 2.11. The highest BCUT2D eigenvalue weighted by molar-refractivity contribution is 7.11. The van der Waals surface area contributed by atoms with Crippen LogP contribution in [0.15, 0.2) is 34.6 Å². The Morgan fingerprint density at radius 1 is 1.33 bits per heavy atom. The van der Waals surface area contributed by atoms with Gasteiger partial charge in [-0.3, -0.25) is 0 Å². The van der Waals surface area contributed by atoms with E-state index in [9.17, 15) is 0 Å². The number of hydrogen-bond donors (Lipinski definition) is 3. The summed E-state index contributed by atoms with van der Waals surface area (Å²) < 4.78 is 0. The second-order valence-electron chi connectivity index (χ2n) is 3.33. The van der Waals surface area contributed by atoms with E-state index in [4.69, 9.17) is 17.2 Å². The van der Waals surface area contributed by atoms with E-state index in [2.05, 4.69) is 0 Å². The minimum absolute atomic E-state index is 0.580. The van der Waals surface area contributed by atoms with Gasteiger partial charge in [-0.25, -0.2) is 0 Å². The van der Waals surface area contributed by atoms with Crippen molar-refractivity contribution in [1.82, 2.24) is 0 Å². The van der Waals surface area contributed by atoms with Gasteiger partial charge in [-0.1, -0.05) is 13.0 Å². The smallest absolute Gasteiger partial charge is 0.0607 e. The molecule has 0 aliphatic rings. The first-order valence-corrected chi connectivity index (χ1v) is 5.70. The number of rotatable bonds is 3. The van der Waals surface area contributed by atoms with Crippen molar-refractivity contribution in [3.8, 4) is 0 Å². The van der Waals surface area contributed by atoms with Crippen LogP contribution >= 0.6 is 11.3 Å². The minimum Gasteiger partial charge on any atom is -0.401 e. The molecule has 0 radical (unpaired) electrons. The summed E-state index contributed by atoms with van der Waals surface area (Å²) in [5.41, 5.74) is 20.5. The van der Waals surface area contributed by atoms with E-state index in [-0.39, 0.29) is 0 Å². The first-order chi connectivity index (χ1) is 7.07. The van der Waals surface area contributed by atoms with Crippen LogP contribution in [-0.4, -0.2) is 0 Å². The fourth-order valence-corrected chi connectivity index (χ4v) is 2.08. The molecule has 4 heteroatoms. The minimum atomic E-state index is 0.580. The third-order valence-electron chi connectivity index (χ3n) is 2.16. The Balaban J connectivity index is 3.30. The number of thiophene rings is 1. The molecule has 0 aliphatic carbocycles. The van der Waals surface area contributed by atoms with Gasteiger partial charge in [-0.15, -0.1) is 11.3 Å². The van der Waals surface area contributed by atoms with Crippen molar-refractivity contribution in [1.29, 1.82) is 0 Å². The molecule has 82 valence electrons. The molecule has 0 unspecified atom stereocenters. The predicted molar refractivity (Wildman–Crippen MR) is 66.8 cm³/mol. The summed E-state index contributed by atoms with van der Waals surface area (Å²) >= 11 is 1.61. The maximum Gasteiger partial charge on any atom is 0.0607 e. The topological polar surface area (TPSA) is 78.1 Å². The predicted octanol–water partition coefficient (Wildman–Crippen LogP) is 1.98. The number of allylic oxidation sites excluding steroid dienone is 3. The van der Waals surface area contributed by atoms with Gasteiger partial charge in [0.25, 0.3) is 0 Å². The molecular formula is C11H17N3S. The number of hydrogen-bond acceptors (Lipinski definition) is 4. The van der Waals surface area contributed by atoms with Gasteiger partial charge >= 0.3 is 0 Å². The third-order valence-corrected chi connectivity index (χ3v) is 3.05. The van der Waals surface area contributed by atoms with Crippen molar-refractivity contribution in [2.24, 2.45) is 17.2 Å². The quantitative estimate of drug-likeness (QED) is 0.686. The first-order valence-electron chi connectivity index (χ1n) is 4.82. The molecule has 1 aromatic rings. The molecule has 3 nitrogen and oxygen atoms in total. The van der Waals surface area contributed by atoms with Gasteiger partial charge in [-0.2, -0.15) is 0 Å². The summed E-state index contributed by atoms with van der Waals surface area (Å²) in [6.45, 7) is 3.79. The maximum atomic E-state index is 5.96. The standard InChI is InChI=1S/C11H17N3S/c1-3-8(13)10(11(14)7(2)12)9-5-4-6-15-9/h4-6H,3,12-14H2,1-2H3/b10-8+,11-7-. The van der Waals surface area contributed by atoms with Crippen LogP contribution in [-0.2, 0) is 0 Å². The molecule has 0 aromatic carbocycles. The van der Waals surface area contributed by atoms with E-state index < -0.39 is 0 Å². The molecule has 0 aliphatic heterocycles. The van der Waals surface area contributed by atoms with Gasteiger partial charge in [-0.05, 0) is 24.8 Å². The van der Waals surface area contributed by atoms with Crippen molar-refractivity contribution in [3.63, 3.8) is 0 Å². The lowest BCUT2D eigenvalue weighted by Crippen LogP contribution is -2.12. The second-order valence-corrected chi connectivity index (χ2v) is 4.28. The molecule has 1 aromatic heterocycles. The Morgan fingerprint density at radius 3 is 2.40 bits per heavy atom. The zero-order chi connectivity index (χ0) is 11.4. The lowest BCUT2D eigenvalue weighted by Gasteiger charge is -2.11. The Morgan fingerprint density at radius 2 is 2.00 bits per heavy atom. The van der Waals surface area contributed by atoms with Gasteiger partial charge in [0.05, 0.1) is 5.70 Å². The van der Waals surface area contributed by atoms with Crippen LogP contribution in [0, 0.1) is 0 Å². The summed E-state index contributed by atoms with van der Waals surface area (Å²) in [4.78, 5) is 1.07. The third kappa shape index (κ3) is 2.53. The highest BCUT2D eigenvalue weighted by atomic mass is 32.1. The summed E-state index contributed by atoms with van der Waals surface area (Å²) in [5.74, 6) is 0. The van der Waals surface area contributed by atoms with Crippen LogP contribution in [0.1, 0.15) is 25.1 Å². The van der Waals surface area contributed by atoms with Crippen molar-refractivity contribution in [3.05, 3.63) is 39.5 Å². The Hall–Kier alpha value is -1.42. The van der Waals surface area contributed by atoms with Crippen molar-refractivity contribution in [2.45, 2.75) is 20.3 Å². The van der Waals surface area contributed by atoms with Crippen LogP contribution in [0.2, 0.25) is 0 Å². The van der Waals surface area contributed by atoms with E-state index in [1.54, 1.807) is 18.3 Å². The average molecular weight is 223 g/mol. The molecule has 1 rings (SSSR count). The highest BCUT2D eigenvalue weighted by Crippen LogP contribution is 2.27. The molecule has 15 heavy (non-hydrogen) atoms. The van der Waals surface area contributed by atoms with Crippen LogP contribution < -0.4 is 17.2 Å². The molecule has 0 amide bonds. The fourth-order valence-electron chi connectivity index (χ4n) is 1.26. The Kier molecular flexibility index (Phi) is 3.80. The van der Waals surface area contributed by atoms with Gasteiger partial charge in [0.15, 0.2) is 0 Å². The molecule has 1 heterocycles. The summed E-state index contributed by atoms with van der Waals surface area (Å²) in [5, 5.41) is 2.00. The van der Waals surface area contributed by atoms with E-state index >= 15 is 0 Å². The Labute approximate surface area is 94.3 Å². The normalized spacial score (nSPS) is 14.5. The molecule has 0 saturated carbocycles. The fraction of sp³-hybridized carbons (Fsp3) is 0.273. The molecule has 0 spiro atoms. The molecule has 0 atom stereocenters. The summed E-state index contributed by atoms with van der Waals surface area (Å²) in [7, 11) is 0. The number of nitrogens with two attached hydrogens (primary N) is 3. The molecular weight excluding hydrogens is 206 g/mol. The van der Waals surface area contributed by atoms with Gasteiger partial charge in [0, 0.05) is 21.8 Å². The van der Waals surface area contributed by atoms with Crippen LogP contribution in [0.25, 0.3) is 5.57 Å². The first kappa shape index (κ1) is 11.7. The monoisotopic (exact) mass is 223 g/mol. The lowest BCUT2D eigenvalue weighted by atomic mass is 10.1. The van der Waals surface area contributed by atoms with E-state index in [0.717, 1.165) is 22.6 Å². The van der Waals surface area contributed by atoms with Crippen molar-refractivity contribution in [2.75, 3.05) is 0 Å². The molecule has 0 bridgehead atoms. The van der Waals surface area contributed by atoms with Gasteiger partial charge < -0.3 is 17.2 Å². The van der Waals surface area contributed by atoms with Crippen molar-refractivity contribution >= 4 is 16.9 Å². The van der Waals surface area contributed by atoms with Gasteiger partial charge in [0.2, 0.25) is 0 Å². The van der Waals surface area contributed by atoms with Gasteiger partial charge in [0.1, 0.15) is 0 Å². The molecule has 0 fully saturated rings. The zero-order valence-electron chi connectivity index (χ0n) is 9.08. The molecule has 6 N–H and O–H groups in total. The summed E-state index contributed by atoms with van der Waals surface area (Å²) in [6, 6.07) is 3.97. The lowest BCUT2D eigenvalue weighted by molar-refractivity contribution is 1.06. The molecule has 0 saturated heterocycles. The second kappa shape index (κ2) is 4.89. The van der Waals surface area contributed by atoms with Crippen LogP contribution in [0.4, 0.5) is 0 Å². The van der Waals surface area contributed by atoms with E-state index in [0.29, 0.717) is 11.4 Å². The largest absolute Gasteiger partial charge is 0.401 e. The van der Waals surface area contributed by atoms with Crippen LogP contribution in [0.5, 0.6) is 0 Å².